The van der Waals surface area contributed by atoms with Gasteiger partial charge < -0.3 is 15.8 Å². The van der Waals surface area contributed by atoms with E-state index in [1.807, 2.05) is 54.6 Å². The summed E-state index contributed by atoms with van der Waals surface area (Å²) in [5, 5.41) is 2.71. The van der Waals surface area contributed by atoms with Crippen molar-refractivity contribution in [2.75, 3.05) is 0 Å². The van der Waals surface area contributed by atoms with E-state index in [0.717, 1.165) is 16.7 Å². The van der Waals surface area contributed by atoms with Crippen LogP contribution in [0.1, 0.15) is 16.7 Å². The van der Waals surface area contributed by atoms with Crippen LogP contribution < -0.4 is 11.1 Å². The van der Waals surface area contributed by atoms with E-state index in [-0.39, 0.29) is 19.0 Å². The number of hydrogen-bond donors (Lipinski definition) is 2. The van der Waals surface area contributed by atoms with E-state index >= 15 is 0 Å². The summed E-state index contributed by atoms with van der Waals surface area (Å²) >= 11 is 0. The molecular formula is C16H19ClN2O2. The Kier molecular flexibility index (Phi) is 7.29. The highest BCUT2D eigenvalue weighted by atomic mass is 35.5. The van der Waals surface area contributed by atoms with E-state index in [1.165, 1.54) is 0 Å². The van der Waals surface area contributed by atoms with Gasteiger partial charge >= 0.3 is 6.09 Å². The van der Waals surface area contributed by atoms with Gasteiger partial charge in [-0.25, -0.2) is 4.79 Å². The summed E-state index contributed by atoms with van der Waals surface area (Å²) in [6.07, 6.45) is -0.420. The van der Waals surface area contributed by atoms with Gasteiger partial charge in [0.05, 0.1) is 0 Å². The fourth-order valence-electron chi connectivity index (χ4n) is 1.74. The van der Waals surface area contributed by atoms with E-state index in [4.69, 9.17) is 10.5 Å². The summed E-state index contributed by atoms with van der Waals surface area (Å²) in [4.78, 5) is 11.6. The molecule has 3 N–H and O–H groups in total. The van der Waals surface area contributed by atoms with Gasteiger partial charge in [0.1, 0.15) is 6.61 Å². The lowest BCUT2D eigenvalue weighted by Crippen LogP contribution is -2.23. The van der Waals surface area contributed by atoms with E-state index < -0.39 is 6.09 Å². The minimum atomic E-state index is -0.420. The molecule has 2 aromatic carbocycles. The molecule has 2 rings (SSSR count). The third-order valence-electron chi connectivity index (χ3n) is 2.91. The minimum Gasteiger partial charge on any atom is -0.445 e. The summed E-state index contributed by atoms with van der Waals surface area (Å²) in [5.41, 5.74) is 8.58. The molecule has 0 saturated heterocycles. The maximum atomic E-state index is 11.6. The van der Waals surface area contributed by atoms with Crippen LogP contribution in [0.15, 0.2) is 54.6 Å². The van der Waals surface area contributed by atoms with Crippen molar-refractivity contribution in [1.29, 1.82) is 0 Å². The minimum absolute atomic E-state index is 0. The van der Waals surface area contributed by atoms with Gasteiger partial charge in [-0.05, 0) is 16.7 Å². The number of nitrogens with two attached hydrogens (primary N) is 1. The highest BCUT2D eigenvalue weighted by Crippen LogP contribution is 2.04. The molecule has 1 amide bonds. The molecule has 0 unspecified atom stereocenters. The van der Waals surface area contributed by atoms with Gasteiger partial charge in [-0.1, -0.05) is 54.6 Å². The summed E-state index contributed by atoms with van der Waals surface area (Å²) < 4.78 is 5.12. The van der Waals surface area contributed by atoms with Gasteiger partial charge in [-0.15, -0.1) is 12.4 Å². The number of nitrogens with one attached hydrogen (secondary N) is 1. The second-order valence-corrected chi connectivity index (χ2v) is 4.44. The molecule has 0 aliphatic carbocycles. The molecule has 0 heterocycles. The molecule has 21 heavy (non-hydrogen) atoms. The average Bonchev–Trinajstić information content (AvgIpc) is 2.52. The van der Waals surface area contributed by atoms with Crippen molar-refractivity contribution >= 4 is 18.5 Å². The fraction of sp³-hybridized carbons (Fsp3) is 0.188. The van der Waals surface area contributed by atoms with Crippen LogP contribution >= 0.6 is 12.4 Å². The summed E-state index contributed by atoms with van der Waals surface area (Å²) in [7, 11) is 0. The van der Waals surface area contributed by atoms with Crippen molar-refractivity contribution in [2.45, 2.75) is 19.7 Å². The Morgan fingerprint density at radius 3 is 2.19 bits per heavy atom. The summed E-state index contributed by atoms with van der Waals surface area (Å²) in [5.74, 6) is 0. The smallest absolute Gasteiger partial charge is 0.407 e. The van der Waals surface area contributed by atoms with Crippen molar-refractivity contribution in [1.82, 2.24) is 5.32 Å². The van der Waals surface area contributed by atoms with Crippen molar-refractivity contribution in [3.8, 4) is 0 Å². The number of ether oxygens (including phenoxy) is 1. The van der Waals surface area contributed by atoms with E-state index in [1.54, 1.807) is 0 Å². The fourth-order valence-corrected chi connectivity index (χ4v) is 1.74. The second kappa shape index (κ2) is 9.00. The lowest BCUT2D eigenvalue weighted by Gasteiger charge is -2.07. The van der Waals surface area contributed by atoms with Crippen molar-refractivity contribution in [2.24, 2.45) is 5.73 Å². The number of amides is 1. The van der Waals surface area contributed by atoms with Gasteiger partial charge in [0, 0.05) is 13.1 Å². The predicted octanol–water partition coefficient (Wildman–Crippen LogP) is 2.99. The van der Waals surface area contributed by atoms with Gasteiger partial charge in [-0.2, -0.15) is 0 Å². The van der Waals surface area contributed by atoms with Crippen LogP contribution in [-0.2, 0) is 24.4 Å². The molecule has 4 nitrogen and oxygen atoms in total. The van der Waals surface area contributed by atoms with Crippen molar-refractivity contribution < 1.29 is 9.53 Å². The number of carbonyl (C=O) groups excluding carboxylic acids is 1. The normalized spacial score (nSPS) is 9.57. The van der Waals surface area contributed by atoms with E-state index in [2.05, 4.69) is 5.32 Å². The molecule has 0 fully saturated rings. The lowest BCUT2D eigenvalue weighted by molar-refractivity contribution is 0.139. The zero-order valence-electron chi connectivity index (χ0n) is 11.6. The Morgan fingerprint density at radius 2 is 1.57 bits per heavy atom. The summed E-state index contributed by atoms with van der Waals surface area (Å²) in [6, 6.07) is 17.4. The zero-order chi connectivity index (χ0) is 14.2. The number of alkyl carbamates (subject to hydrolysis) is 1. The SMILES string of the molecule is Cl.NCc1ccc(CNC(=O)OCc2ccccc2)cc1. The third kappa shape index (κ3) is 5.85. The van der Waals surface area contributed by atoms with E-state index in [0.29, 0.717) is 13.1 Å². The first-order chi connectivity index (χ1) is 9.78. The molecular weight excluding hydrogens is 288 g/mol. The lowest BCUT2D eigenvalue weighted by atomic mass is 10.1. The Hall–Kier alpha value is -2.04. The monoisotopic (exact) mass is 306 g/mol. The van der Waals surface area contributed by atoms with Gasteiger partial charge in [0.25, 0.3) is 0 Å². The Balaban J connectivity index is 0.00000220. The topological polar surface area (TPSA) is 64.3 Å². The molecule has 0 spiro atoms. The largest absolute Gasteiger partial charge is 0.445 e. The highest BCUT2D eigenvalue weighted by molar-refractivity contribution is 5.85. The summed E-state index contributed by atoms with van der Waals surface area (Å²) in [6.45, 7) is 1.24. The van der Waals surface area contributed by atoms with Crippen LogP contribution in [0.3, 0.4) is 0 Å². The Morgan fingerprint density at radius 1 is 0.952 bits per heavy atom. The quantitative estimate of drug-likeness (QED) is 0.892. The van der Waals surface area contributed by atoms with Crippen molar-refractivity contribution in [3.63, 3.8) is 0 Å². The Bertz CT molecular complexity index is 544. The third-order valence-corrected chi connectivity index (χ3v) is 2.91. The molecule has 2 aromatic rings. The zero-order valence-corrected chi connectivity index (χ0v) is 12.4. The van der Waals surface area contributed by atoms with E-state index in [9.17, 15) is 4.79 Å². The first-order valence-corrected chi connectivity index (χ1v) is 6.50. The molecule has 0 aliphatic heterocycles. The van der Waals surface area contributed by atoms with Gasteiger partial charge in [0.15, 0.2) is 0 Å². The van der Waals surface area contributed by atoms with Crippen LogP contribution in [0, 0.1) is 0 Å². The van der Waals surface area contributed by atoms with Gasteiger partial charge in [-0.3, -0.25) is 0 Å². The van der Waals surface area contributed by atoms with Crippen LogP contribution in [0.25, 0.3) is 0 Å². The second-order valence-electron chi connectivity index (χ2n) is 4.44. The number of benzene rings is 2. The maximum absolute atomic E-state index is 11.6. The first kappa shape index (κ1) is 17.0. The standard InChI is InChI=1S/C16H18N2O2.ClH/c17-10-13-6-8-14(9-7-13)11-18-16(19)20-12-15-4-2-1-3-5-15;/h1-9H,10-12,17H2,(H,18,19);1H. The number of hydrogen-bond acceptors (Lipinski definition) is 3. The number of rotatable bonds is 5. The predicted molar refractivity (Wildman–Crippen MR) is 85.0 cm³/mol. The number of carbonyl (C=O) groups is 1. The first-order valence-electron chi connectivity index (χ1n) is 6.50. The molecule has 0 aromatic heterocycles. The Labute approximate surface area is 130 Å². The molecule has 5 heteroatoms. The molecule has 0 bridgehead atoms. The van der Waals surface area contributed by atoms with Crippen LogP contribution in [-0.4, -0.2) is 6.09 Å². The average molecular weight is 307 g/mol. The molecule has 0 radical (unpaired) electrons. The van der Waals surface area contributed by atoms with Crippen LogP contribution in [0.2, 0.25) is 0 Å². The highest BCUT2D eigenvalue weighted by Gasteiger charge is 2.02. The molecule has 0 atom stereocenters. The molecule has 112 valence electrons. The van der Waals surface area contributed by atoms with Crippen LogP contribution in [0.4, 0.5) is 4.79 Å². The molecule has 0 aliphatic rings. The molecule has 0 saturated carbocycles. The van der Waals surface area contributed by atoms with Crippen molar-refractivity contribution in [3.05, 3.63) is 71.3 Å². The maximum Gasteiger partial charge on any atom is 0.407 e. The number of halogens is 1. The van der Waals surface area contributed by atoms with Crippen LogP contribution in [0.5, 0.6) is 0 Å². The van der Waals surface area contributed by atoms with Gasteiger partial charge in [0.2, 0.25) is 0 Å².